The molecule has 0 radical (unpaired) electrons. The summed E-state index contributed by atoms with van der Waals surface area (Å²) >= 11 is 1.69. The van der Waals surface area contributed by atoms with Gasteiger partial charge in [-0.1, -0.05) is 0 Å². The largest absolute Gasteiger partial charge is 0.317 e. The van der Waals surface area contributed by atoms with Crippen LogP contribution in [0, 0.1) is 0 Å². The van der Waals surface area contributed by atoms with Gasteiger partial charge in [-0.25, -0.2) is 0 Å². The van der Waals surface area contributed by atoms with Gasteiger partial charge in [0.05, 0.1) is 0 Å². The third-order valence-corrected chi connectivity index (χ3v) is 4.75. The quantitative estimate of drug-likeness (QED) is 0.910. The van der Waals surface area contributed by atoms with Crippen LogP contribution < -0.4 is 5.32 Å². The highest BCUT2D eigenvalue weighted by Crippen LogP contribution is 2.46. The molecule has 3 rings (SSSR count). The topological polar surface area (TPSA) is 35.6 Å². The summed E-state index contributed by atoms with van der Waals surface area (Å²) < 4.78 is 0. The maximum atomic E-state index is 12.7. The zero-order chi connectivity index (χ0) is 13.6. The maximum absolute atomic E-state index is 12.7. The molecule has 1 N–H and O–H groups in total. The lowest BCUT2D eigenvalue weighted by Crippen LogP contribution is -2.43. The molecule has 2 unspecified atom stereocenters. The van der Waals surface area contributed by atoms with Crippen molar-refractivity contribution in [1.29, 1.82) is 0 Å². The predicted octanol–water partition coefficient (Wildman–Crippen LogP) is 1.66. The zero-order valence-corrected chi connectivity index (χ0v) is 12.5. The first-order valence-corrected chi connectivity index (χ1v) is 7.75. The highest BCUT2D eigenvalue weighted by atomic mass is 32.1. The molecule has 2 aliphatic rings. The Hall–Kier alpha value is -0.910. The molecule has 104 valence electrons. The van der Waals surface area contributed by atoms with Crippen LogP contribution in [0.4, 0.5) is 0 Å². The number of carbonyl (C=O) groups is 1. The maximum Gasteiger partial charge on any atom is 0.244 e. The summed E-state index contributed by atoms with van der Waals surface area (Å²) in [7, 11) is 4.11. The Morgan fingerprint density at radius 2 is 2.32 bits per heavy atom. The van der Waals surface area contributed by atoms with Crippen LogP contribution in [-0.2, 0) is 4.79 Å². The lowest BCUT2D eigenvalue weighted by molar-refractivity contribution is -0.133. The Balaban J connectivity index is 1.87. The van der Waals surface area contributed by atoms with E-state index in [0.29, 0.717) is 0 Å². The first kappa shape index (κ1) is 13.1. The molecule has 1 saturated heterocycles. The van der Waals surface area contributed by atoms with Crippen molar-refractivity contribution >= 4 is 17.2 Å². The molecule has 19 heavy (non-hydrogen) atoms. The molecule has 1 aromatic heterocycles. The average molecular weight is 279 g/mol. The molecule has 2 atom stereocenters. The number of nitrogens with zero attached hydrogens (tertiary/aromatic N) is 2. The predicted molar refractivity (Wildman–Crippen MR) is 77.0 cm³/mol. The third-order valence-electron chi connectivity index (χ3n) is 4.05. The van der Waals surface area contributed by atoms with Crippen LogP contribution in [0.25, 0.3) is 0 Å². The van der Waals surface area contributed by atoms with Crippen LogP contribution in [-0.4, -0.2) is 47.9 Å². The van der Waals surface area contributed by atoms with Gasteiger partial charge in [-0.05, 0) is 56.3 Å². The molecule has 1 spiro atoms. The van der Waals surface area contributed by atoms with Crippen molar-refractivity contribution in [3.05, 3.63) is 22.4 Å². The van der Waals surface area contributed by atoms with Gasteiger partial charge in [-0.3, -0.25) is 10.1 Å². The fourth-order valence-electron chi connectivity index (χ4n) is 2.99. The summed E-state index contributed by atoms with van der Waals surface area (Å²) in [6.07, 6.45) is 2.02. The third kappa shape index (κ3) is 2.20. The first-order valence-electron chi connectivity index (χ1n) is 6.81. The molecule has 5 heteroatoms. The van der Waals surface area contributed by atoms with Crippen molar-refractivity contribution in [2.24, 2.45) is 0 Å². The lowest BCUT2D eigenvalue weighted by atomic mass is 10.2. The number of hydrogen-bond donors (Lipinski definition) is 1. The number of carbonyl (C=O) groups excluding carboxylic acids is 1. The van der Waals surface area contributed by atoms with Gasteiger partial charge < -0.3 is 9.80 Å². The molecule has 1 aliphatic heterocycles. The van der Waals surface area contributed by atoms with E-state index in [1.165, 1.54) is 5.56 Å². The van der Waals surface area contributed by atoms with Crippen LogP contribution in [0.3, 0.4) is 0 Å². The highest BCUT2D eigenvalue weighted by Gasteiger charge is 2.60. The Labute approximate surface area is 118 Å². The zero-order valence-electron chi connectivity index (χ0n) is 11.7. The molecule has 2 fully saturated rings. The minimum atomic E-state index is -0.243. The normalized spacial score (nSPS) is 26.4. The Kier molecular flexibility index (Phi) is 3.15. The van der Waals surface area contributed by atoms with E-state index in [4.69, 9.17) is 0 Å². The fraction of sp³-hybridized carbons (Fsp3) is 0.643. The summed E-state index contributed by atoms with van der Waals surface area (Å²) in [5.41, 5.74) is 0.973. The van der Waals surface area contributed by atoms with E-state index in [9.17, 15) is 4.79 Å². The number of nitrogens with one attached hydrogen (secondary N) is 1. The summed E-state index contributed by atoms with van der Waals surface area (Å²) in [4.78, 5) is 16.9. The van der Waals surface area contributed by atoms with Gasteiger partial charge in [0.25, 0.3) is 0 Å². The van der Waals surface area contributed by atoms with Gasteiger partial charge in [0.15, 0.2) is 0 Å². The summed E-state index contributed by atoms with van der Waals surface area (Å²) in [6, 6.07) is 2.34. The molecular formula is C14H21N3OS. The molecule has 1 aromatic rings. The second kappa shape index (κ2) is 4.58. The Morgan fingerprint density at radius 3 is 2.84 bits per heavy atom. The smallest absolute Gasteiger partial charge is 0.244 e. The van der Waals surface area contributed by atoms with Crippen LogP contribution >= 0.6 is 11.3 Å². The van der Waals surface area contributed by atoms with E-state index < -0.39 is 0 Å². The fourth-order valence-corrected chi connectivity index (χ4v) is 3.67. The molecule has 2 heterocycles. The molecule has 4 nitrogen and oxygen atoms in total. The number of thiophene rings is 1. The van der Waals surface area contributed by atoms with Gasteiger partial charge in [-0.15, -0.1) is 0 Å². The van der Waals surface area contributed by atoms with Crippen LogP contribution in [0.1, 0.15) is 31.5 Å². The van der Waals surface area contributed by atoms with Gasteiger partial charge in [-0.2, -0.15) is 11.3 Å². The SMILES string of the molecule is CC(CN(C)C)N1C(=O)C2(CC2)NC1c1ccsc1. The van der Waals surface area contributed by atoms with Crippen molar-refractivity contribution < 1.29 is 4.79 Å². The van der Waals surface area contributed by atoms with Crippen molar-refractivity contribution in [2.75, 3.05) is 20.6 Å². The second-order valence-electron chi connectivity index (χ2n) is 6.01. The number of rotatable bonds is 4. The Morgan fingerprint density at radius 1 is 1.58 bits per heavy atom. The van der Waals surface area contributed by atoms with E-state index in [-0.39, 0.29) is 23.7 Å². The summed E-state index contributed by atoms with van der Waals surface area (Å²) in [5.74, 6) is 0.290. The number of amides is 1. The summed E-state index contributed by atoms with van der Waals surface area (Å²) in [5, 5.41) is 7.78. The van der Waals surface area contributed by atoms with Crippen molar-refractivity contribution in [1.82, 2.24) is 15.1 Å². The minimum Gasteiger partial charge on any atom is -0.317 e. The minimum absolute atomic E-state index is 0.0520. The van der Waals surface area contributed by atoms with E-state index in [0.717, 1.165) is 19.4 Å². The van der Waals surface area contributed by atoms with Gasteiger partial charge in [0.1, 0.15) is 11.7 Å². The van der Waals surface area contributed by atoms with Crippen molar-refractivity contribution in [2.45, 2.75) is 37.5 Å². The van der Waals surface area contributed by atoms with Crippen molar-refractivity contribution in [3.8, 4) is 0 Å². The van der Waals surface area contributed by atoms with E-state index in [1.54, 1.807) is 11.3 Å². The van der Waals surface area contributed by atoms with E-state index in [1.807, 2.05) is 0 Å². The van der Waals surface area contributed by atoms with Crippen molar-refractivity contribution in [3.63, 3.8) is 0 Å². The average Bonchev–Trinajstić information content (AvgIpc) is 2.82. The first-order chi connectivity index (χ1) is 9.03. The lowest BCUT2D eigenvalue weighted by Gasteiger charge is -2.31. The van der Waals surface area contributed by atoms with Gasteiger partial charge in [0.2, 0.25) is 5.91 Å². The summed E-state index contributed by atoms with van der Waals surface area (Å²) in [6.45, 7) is 3.03. The molecule has 1 aliphatic carbocycles. The second-order valence-corrected chi connectivity index (χ2v) is 6.79. The van der Waals surface area contributed by atoms with E-state index in [2.05, 4.69) is 53.0 Å². The molecular weight excluding hydrogens is 258 g/mol. The molecule has 1 saturated carbocycles. The Bertz CT molecular complexity index is 467. The van der Waals surface area contributed by atoms with Gasteiger partial charge >= 0.3 is 0 Å². The van der Waals surface area contributed by atoms with Crippen LogP contribution in [0.15, 0.2) is 16.8 Å². The van der Waals surface area contributed by atoms with E-state index >= 15 is 0 Å². The van der Waals surface area contributed by atoms with Gasteiger partial charge in [0, 0.05) is 12.6 Å². The monoisotopic (exact) mass is 279 g/mol. The number of hydrogen-bond acceptors (Lipinski definition) is 4. The van der Waals surface area contributed by atoms with Crippen LogP contribution in [0.5, 0.6) is 0 Å². The van der Waals surface area contributed by atoms with Crippen LogP contribution in [0.2, 0.25) is 0 Å². The number of likely N-dealkylation sites (N-methyl/N-ethyl adjacent to an activating group) is 1. The molecule has 0 bridgehead atoms. The standard InChI is InChI=1S/C14H21N3OS/c1-10(8-16(2)3)17-12(11-4-7-19-9-11)15-14(5-6-14)13(17)18/h4,7,9-10,12,15H,5-6,8H2,1-3H3. The molecule has 1 amide bonds. The molecule has 0 aromatic carbocycles. The highest BCUT2D eigenvalue weighted by molar-refractivity contribution is 7.07.